The Hall–Kier alpha value is -1.43. The normalized spacial score (nSPS) is 22.9. The molecule has 28 heavy (non-hydrogen) atoms. The molecular weight excluding hydrogens is 350 g/mol. The zero-order valence-corrected chi connectivity index (χ0v) is 17.8. The molecule has 1 aromatic rings. The Kier molecular flexibility index (Phi) is 7.49. The molecule has 1 amide bonds. The van der Waals surface area contributed by atoms with Gasteiger partial charge in [0, 0.05) is 32.8 Å². The van der Waals surface area contributed by atoms with Crippen LogP contribution in [-0.2, 0) is 16.1 Å². The minimum Gasteiger partial charge on any atom is -0.377 e. The Labute approximate surface area is 170 Å². The maximum atomic E-state index is 12.6. The highest BCUT2D eigenvalue weighted by molar-refractivity contribution is 5.79. The van der Waals surface area contributed by atoms with Crippen LogP contribution in [0.3, 0.4) is 0 Å². The first-order valence-electron chi connectivity index (χ1n) is 10.8. The number of hydrogen-bond acceptors (Lipinski definition) is 4. The summed E-state index contributed by atoms with van der Waals surface area (Å²) in [6.45, 7) is 9.96. The average Bonchev–Trinajstić information content (AvgIpc) is 2.73. The highest BCUT2D eigenvalue weighted by atomic mass is 16.5. The topological polar surface area (TPSA) is 44.8 Å². The van der Waals surface area contributed by atoms with Crippen molar-refractivity contribution in [1.29, 1.82) is 0 Å². The van der Waals surface area contributed by atoms with E-state index in [1.807, 2.05) is 13.8 Å². The molecule has 2 saturated heterocycles. The van der Waals surface area contributed by atoms with Crippen LogP contribution in [0.5, 0.6) is 0 Å². The van der Waals surface area contributed by atoms with Gasteiger partial charge in [-0.3, -0.25) is 14.6 Å². The lowest BCUT2D eigenvalue weighted by Crippen LogP contribution is -2.51. The first-order valence-corrected chi connectivity index (χ1v) is 10.8. The number of nitrogens with zero attached hydrogens (tertiary/aromatic N) is 2. The molecule has 5 heteroatoms. The van der Waals surface area contributed by atoms with Gasteiger partial charge in [0.25, 0.3) is 0 Å². The molecule has 5 nitrogen and oxygen atoms in total. The lowest BCUT2D eigenvalue weighted by molar-refractivity contribution is -0.128. The van der Waals surface area contributed by atoms with Crippen molar-refractivity contribution in [2.24, 2.45) is 5.92 Å². The maximum absolute atomic E-state index is 12.6. The number of hydrogen-bond donors (Lipinski definition) is 1. The van der Waals surface area contributed by atoms with Gasteiger partial charge >= 0.3 is 0 Å². The molecule has 2 fully saturated rings. The molecular formula is C23H37N3O2. The van der Waals surface area contributed by atoms with E-state index in [0.717, 1.165) is 45.6 Å². The fourth-order valence-corrected chi connectivity index (χ4v) is 4.35. The van der Waals surface area contributed by atoms with Gasteiger partial charge in [0.1, 0.15) is 0 Å². The van der Waals surface area contributed by atoms with E-state index in [1.165, 1.54) is 18.4 Å². The van der Waals surface area contributed by atoms with E-state index in [1.54, 1.807) is 7.11 Å². The number of benzene rings is 1. The van der Waals surface area contributed by atoms with Crippen LogP contribution >= 0.6 is 0 Å². The van der Waals surface area contributed by atoms with E-state index in [2.05, 4.69) is 45.4 Å². The molecule has 156 valence electrons. The number of likely N-dealkylation sites (tertiary alicyclic amines) is 2. The van der Waals surface area contributed by atoms with Gasteiger partial charge in [0.2, 0.25) is 5.91 Å². The predicted molar refractivity (Wildman–Crippen MR) is 113 cm³/mol. The smallest absolute Gasteiger partial charge is 0.224 e. The number of ether oxygens (including phenoxy) is 1. The molecule has 0 aromatic heterocycles. The SMILES string of the molecule is COC(C)(C)CNC(=O)C1CCCN(C2CCN(Cc3ccccc3)CC2)C1. The molecule has 0 bridgehead atoms. The van der Waals surface area contributed by atoms with Gasteiger partial charge in [-0.15, -0.1) is 0 Å². The zero-order valence-electron chi connectivity index (χ0n) is 17.8. The zero-order chi connectivity index (χ0) is 20.0. The first-order chi connectivity index (χ1) is 13.5. The summed E-state index contributed by atoms with van der Waals surface area (Å²) in [6, 6.07) is 11.4. The number of carbonyl (C=O) groups excluding carboxylic acids is 1. The van der Waals surface area contributed by atoms with Crippen LogP contribution in [0.1, 0.15) is 45.1 Å². The standard InChI is InChI=1S/C23H37N3O2/c1-23(2,28-3)18-24-22(27)20-10-7-13-26(17-20)21-11-14-25(15-12-21)16-19-8-5-4-6-9-19/h4-6,8-9,20-21H,7,10-18H2,1-3H3,(H,24,27). The number of nitrogens with one attached hydrogen (secondary N) is 1. The Morgan fingerprint density at radius 2 is 1.86 bits per heavy atom. The number of methoxy groups -OCH3 is 1. The molecule has 0 spiro atoms. The van der Waals surface area contributed by atoms with Crippen LogP contribution in [0.4, 0.5) is 0 Å². The lowest BCUT2D eigenvalue weighted by Gasteiger charge is -2.42. The van der Waals surface area contributed by atoms with E-state index in [-0.39, 0.29) is 17.4 Å². The van der Waals surface area contributed by atoms with Crippen LogP contribution in [0, 0.1) is 5.92 Å². The number of amides is 1. The Balaban J connectivity index is 1.44. The highest BCUT2D eigenvalue weighted by Gasteiger charge is 2.32. The molecule has 1 unspecified atom stereocenters. The Morgan fingerprint density at radius 3 is 2.54 bits per heavy atom. The third-order valence-corrected chi connectivity index (χ3v) is 6.39. The van der Waals surface area contributed by atoms with E-state index >= 15 is 0 Å². The number of rotatable bonds is 7. The number of carbonyl (C=O) groups is 1. The van der Waals surface area contributed by atoms with Crippen LogP contribution in [0.2, 0.25) is 0 Å². The average molecular weight is 388 g/mol. The van der Waals surface area contributed by atoms with Crippen molar-refractivity contribution in [3.8, 4) is 0 Å². The van der Waals surface area contributed by atoms with Crippen LogP contribution < -0.4 is 5.32 Å². The minimum atomic E-state index is -0.310. The summed E-state index contributed by atoms with van der Waals surface area (Å²) in [5, 5.41) is 3.10. The first kappa shape index (κ1) is 21.3. The second-order valence-electron chi connectivity index (χ2n) is 9.01. The van der Waals surface area contributed by atoms with Gasteiger partial charge in [-0.1, -0.05) is 30.3 Å². The van der Waals surface area contributed by atoms with Gasteiger partial charge in [-0.05, 0) is 64.7 Å². The van der Waals surface area contributed by atoms with Gasteiger partial charge in [0.05, 0.1) is 11.5 Å². The van der Waals surface area contributed by atoms with Crippen molar-refractivity contribution in [2.45, 2.75) is 57.7 Å². The summed E-state index contributed by atoms with van der Waals surface area (Å²) in [7, 11) is 1.69. The molecule has 1 aromatic carbocycles. The predicted octanol–water partition coefficient (Wildman–Crippen LogP) is 2.90. The molecule has 3 rings (SSSR count). The van der Waals surface area contributed by atoms with Gasteiger partial charge in [-0.25, -0.2) is 0 Å². The Bertz CT molecular complexity index is 612. The number of piperidine rings is 2. The summed E-state index contributed by atoms with van der Waals surface area (Å²) < 4.78 is 5.41. The molecule has 2 aliphatic rings. The summed E-state index contributed by atoms with van der Waals surface area (Å²) in [5.41, 5.74) is 1.09. The van der Waals surface area contributed by atoms with Gasteiger partial charge < -0.3 is 10.1 Å². The van der Waals surface area contributed by atoms with Crippen LogP contribution in [-0.4, -0.2) is 67.2 Å². The molecule has 0 saturated carbocycles. The quantitative estimate of drug-likeness (QED) is 0.781. The molecule has 1 N–H and O–H groups in total. The second kappa shape index (κ2) is 9.86. The van der Waals surface area contributed by atoms with E-state index < -0.39 is 0 Å². The summed E-state index contributed by atoms with van der Waals surface area (Å²) in [4.78, 5) is 17.8. The third kappa shape index (κ3) is 6.03. The second-order valence-corrected chi connectivity index (χ2v) is 9.01. The van der Waals surface area contributed by atoms with Crippen molar-refractivity contribution < 1.29 is 9.53 Å². The third-order valence-electron chi connectivity index (χ3n) is 6.39. The molecule has 0 aliphatic carbocycles. The Morgan fingerprint density at radius 1 is 1.14 bits per heavy atom. The van der Waals surface area contributed by atoms with Crippen molar-refractivity contribution in [3.63, 3.8) is 0 Å². The summed E-state index contributed by atoms with van der Waals surface area (Å²) in [5.74, 6) is 0.306. The monoisotopic (exact) mass is 387 g/mol. The van der Waals surface area contributed by atoms with Crippen molar-refractivity contribution in [2.75, 3.05) is 39.8 Å². The van der Waals surface area contributed by atoms with Crippen LogP contribution in [0.15, 0.2) is 30.3 Å². The van der Waals surface area contributed by atoms with Crippen molar-refractivity contribution in [1.82, 2.24) is 15.1 Å². The molecule has 1 atom stereocenters. The molecule has 0 radical (unpaired) electrons. The molecule has 2 heterocycles. The highest BCUT2D eigenvalue weighted by Crippen LogP contribution is 2.25. The fourth-order valence-electron chi connectivity index (χ4n) is 4.35. The van der Waals surface area contributed by atoms with Crippen molar-refractivity contribution >= 4 is 5.91 Å². The largest absolute Gasteiger partial charge is 0.377 e. The summed E-state index contributed by atoms with van der Waals surface area (Å²) in [6.07, 6.45) is 4.54. The van der Waals surface area contributed by atoms with E-state index in [9.17, 15) is 4.79 Å². The van der Waals surface area contributed by atoms with E-state index in [0.29, 0.717) is 12.6 Å². The van der Waals surface area contributed by atoms with Crippen molar-refractivity contribution in [3.05, 3.63) is 35.9 Å². The van der Waals surface area contributed by atoms with Crippen LogP contribution in [0.25, 0.3) is 0 Å². The molecule has 2 aliphatic heterocycles. The minimum absolute atomic E-state index is 0.115. The maximum Gasteiger partial charge on any atom is 0.224 e. The van der Waals surface area contributed by atoms with Gasteiger partial charge in [0.15, 0.2) is 0 Å². The summed E-state index contributed by atoms with van der Waals surface area (Å²) >= 11 is 0. The van der Waals surface area contributed by atoms with E-state index in [4.69, 9.17) is 4.74 Å². The fraction of sp³-hybridized carbons (Fsp3) is 0.696. The van der Waals surface area contributed by atoms with Gasteiger partial charge in [-0.2, -0.15) is 0 Å². The lowest BCUT2D eigenvalue weighted by atomic mass is 9.93.